The highest BCUT2D eigenvalue weighted by molar-refractivity contribution is 6.24. The third-order valence-corrected chi connectivity index (χ3v) is 6.74. The molecule has 0 aliphatic carbocycles. The Balaban J connectivity index is 1.07. The highest BCUT2D eigenvalue weighted by Crippen LogP contribution is 2.33. The number of nitrogens with zero attached hydrogens (tertiary/aromatic N) is 5. The van der Waals surface area contributed by atoms with Crippen molar-refractivity contribution in [2.45, 2.75) is 38.8 Å². The summed E-state index contributed by atoms with van der Waals surface area (Å²) < 4.78 is 5.54. The van der Waals surface area contributed by atoms with Crippen molar-refractivity contribution in [2.24, 2.45) is 0 Å². The third-order valence-electron chi connectivity index (χ3n) is 6.74. The zero-order valence-electron chi connectivity index (χ0n) is 23.0. The van der Waals surface area contributed by atoms with Crippen molar-refractivity contribution >= 4 is 35.4 Å². The average Bonchev–Trinajstić information content (AvgIpc) is 3.25. The molecule has 15 nitrogen and oxygen atoms in total. The quantitative estimate of drug-likeness (QED) is 0.267. The number of aromatic nitrogens is 4. The summed E-state index contributed by atoms with van der Waals surface area (Å²) in [5, 5.41) is 23.2. The van der Waals surface area contributed by atoms with E-state index in [1.807, 2.05) is 12.1 Å². The number of piperidine rings is 1. The van der Waals surface area contributed by atoms with Crippen molar-refractivity contribution < 1.29 is 33.5 Å². The van der Waals surface area contributed by atoms with E-state index in [2.05, 4.69) is 36.3 Å². The van der Waals surface area contributed by atoms with Gasteiger partial charge in [-0.05, 0) is 31.0 Å². The summed E-state index contributed by atoms with van der Waals surface area (Å²) in [6.07, 6.45) is 0.0416. The fourth-order valence-electron chi connectivity index (χ4n) is 4.57. The third kappa shape index (κ3) is 6.50. The summed E-state index contributed by atoms with van der Waals surface area (Å²) in [6, 6.07) is 10.5. The van der Waals surface area contributed by atoms with E-state index >= 15 is 0 Å². The number of rotatable bonds is 10. The number of hydrogen-bond acceptors (Lipinski definition) is 11. The number of amides is 6. The van der Waals surface area contributed by atoms with Crippen molar-refractivity contribution in [3.8, 4) is 17.1 Å². The van der Waals surface area contributed by atoms with Gasteiger partial charge in [0.25, 0.3) is 17.7 Å². The van der Waals surface area contributed by atoms with Gasteiger partial charge < -0.3 is 15.4 Å². The summed E-state index contributed by atoms with van der Waals surface area (Å²) in [5.41, 5.74) is 1.57. The predicted molar refractivity (Wildman–Crippen MR) is 146 cm³/mol. The van der Waals surface area contributed by atoms with Crippen LogP contribution in [-0.4, -0.2) is 79.9 Å². The van der Waals surface area contributed by atoms with Crippen LogP contribution >= 0.6 is 0 Å². The first-order valence-electron chi connectivity index (χ1n) is 13.4. The molecule has 5 rings (SSSR count). The second-order valence-corrected chi connectivity index (χ2v) is 9.76. The van der Waals surface area contributed by atoms with Crippen molar-refractivity contribution in [3.05, 3.63) is 65.0 Å². The van der Waals surface area contributed by atoms with Crippen LogP contribution in [0.1, 0.15) is 51.4 Å². The summed E-state index contributed by atoms with van der Waals surface area (Å²) >= 11 is 0. The van der Waals surface area contributed by atoms with Gasteiger partial charge in [-0.3, -0.25) is 39.0 Å². The smallest absolute Gasteiger partial charge is 0.266 e. The van der Waals surface area contributed by atoms with Gasteiger partial charge in [-0.15, -0.1) is 20.4 Å². The van der Waals surface area contributed by atoms with E-state index in [4.69, 9.17) is 4.74 Å². The minimum Gasteiger partial charge on any atom is -0.483 e. The number of imide groups is 2. The molecule has 0 saturated carbocycles. The number of ether oxygens (including phenoxy) is 1. The maximum atomic E-state index is 13.1. The molecule has 2 aromatic carbocycles. The van der Waals surface area contributed by atoms with Crippen LogP contribution in [0.25, 0.3) is 11.4 Å². The van der Waals surface area contributed by atoms with Crippen LogP contribution in [0.2, 0.25) is 0 Å². The van der Waals surface area contributed by atoms with Crippen LogP contribution < -0.4 is 20.7 Å². The molecule has 2 aliphatic rings. The van der Waals surface area contributed by atoms with Gasteiger partial charge in [-0.25, -0.2) is 0 Å². The highest BCUT2D eigenvalue weighted by Gasteiger charge is 2.46. The molecule has 15 heteroatoms. The average molecular weight is 587 g/mol. The van der Waals surface area contributed by atoms with Gasteiger partial charge in [-0.1, -0.05) is 30.3 Å². The highest BCUT2D eigenvalue weighted by atomic mass is 16.5. The summed E-state index contributed by atoms with van der Waals surface area (Å²) in [5.74, 6) is -2.56. The number of fused-ring (bicyclic) bond motifs is 1. The van der Waals surface area contributed by atoms with Crippen LogP contribution in [0.3, 0.4) is 0 Å². The SMILES string of the molecule is Cc1nnc(-c2ccc(CNC(=O)CCNC(=O)COc3cccc4c3C(=O)N(C3CCC(=O)NC3=O)C4=O)cc2)nn1. The van der Waals surface area contributed by atoms with Crippen LogP contribution in [-0.2, 0) is 25.7 Å². The number of carbonyl (C=O) groups excluding carboxylic acids is 6. The zero-order valence-corrected chi connectivity index (χ0v) is 23.0. The fourth-order valence-corrected chi connectivity index (χ4v) is 4.57. The first-order valence-corrected chi connectivity index (χ1v) is 13.4. The topological polar surface area (TPSA) is 203 Å². The lowest BCUT2D eigenvalue weighted by molar-refractivity contribution is -0.136. The molecule has 220 valence electrons. The molecular weight excluding hydrogens is 560 g/mol. The molecule has 0 radical (unpaired) electrons. The molecule has 3 heterocycles. The number of nitrogens with one attached hydrogen (secondary N) is 3. The van der Waals surface area contributed by atoms with Crippen LogP contribution in [0, 0.1) is 6.92 Å². The molecular formula is C28H26N8O7. The second-order valence-electron chi connectivity index (χ2n) is 9.76. The second kappa shape index (κ2) is 12.5. The van der Waals surface area contributed by atoms with Crippen LogP contribution in [0.15, 0.2) is 42.5 Å². The molecule has 1 atom stereocenters. The summed E-state index contributed by atoms with van der Waals surface area (Å²) in [4.78, 5) is 75.2. The van der Waals surface area contributed by atoms with Gasteiger partial charge >= 0.3 is 0 Å². The van der Waals surface area contributed by atoms with Gasteiger partial charge in [0.15, 0.2) is 12.4 Å². The molecule has 3 N–H and O–H groups in total. The van der Waals surface area contributed by atoms with E-state index in [0.717, 1.165) is 16.0 Å². The van der Waals surface area contributed by atoms with Crippen molar-refractivity contribution in [1.29, 1.82) is 0 Å². The summed E-state index contributed by atoms with van der Waals surface area (Å²) in [6.45, 7) is 1.55. The first kappa shape index (κ1) is 28.9. The maximum Gasteiger partial charge on any atom is 0.266 e. The van der Waals surface area contributed by atoms with E-state index in [9.17, 15) is 28.8 Å². The van der Waals surface area contributed by atoms with Crippen LogP contribution in [0.4, 0.5) is 0 Å². The monoisotopic (exact) mass is 586 g/mol. The Morgan fingerprint density at radius 2 is 1.70 bits per heavy atom. The Kier molecular flexibility index (Phi) is 8.41. The number of carbonyl (C=O) groups is 6. The molecule has 0 bridgehead atoms. The standard InChI is InChI=1S/C28H26N8O7/c1-15-32-34-25(35-33-15)17-7-5-16(6-8-17)13-30-21(37)11-12-29-23(39)14-43-20-4-2-3-18-24(20)28(42)36(27(18)41)19-9-10-22(38)31-26(19)40/h2-8,19H,9-14H2,1H3,(H,29,39)(H,30,37)(H,31,38,40). The first-order chi connectivity index (χ1) is 20.7. The lowest BCUT2D eigenvalue weighted by atomic mass is 10.0. The Bertz CT molecular complexity index is 1610. The minimum absolute atomic E-state index is 0.000977. The largest absolute Gasteiger partial charge is 0.483 e. The van der Waals surface area contributed by atoms with E-state index in [1.54, 1.807) is 19.1 Å². The van der Waals surface area contributed by atoms with E-state index in [-0.39, 0.29) is 55.1 Å². The van der Waals surface area contributed by atoms with Gasteiger partial charge in [0.05, 0.1) is 11.1 Å². The van der Waals surface area contributed by atoms with Crippen LogP contribution in [0.5, 0.6) is 5.75 Å². The van der Waals surface area contributed by atoms with Crippen molar-refractivity contribution in [2.75, 3.05) is 13.2 Å². The molecule has 1 aromatic heterocycles. The molecule has 43 heavy (non-hydrogen) atoms. The molecule has 2 aliphatic heterocycles. The van der Waals surface area contributed by atoms with E-state index in [0.29, 0.717) is 11.6 Å². The number of hydrogen-bond donors (Lipinski definition) is 3. The normalized spacial score (nSPS) is 16.0. The lowest BCUT2D eigenvalue weighted by Crippen LogP contribution is -2.54. The molecule has 1 fully saturated rings. The summed E-state index contributed by atoms with van der Waals surface area (Å²) in [7, 11) is 0. The molecule has 1 saturated heterocycles. The van der Waals surface area contributed by atoms with Gasteiger partial charge in [0.2, 0.25) is 23.5 Å². The van der Waals surface area contributed by atoms with Crippen molar-refractivity contribution in [1.82, 2.24) is 41.2 Å². The van der Waals surface area contributed by atoms with E-state index < -0.39 is 42.2 Å². The molecule has 6 amide bonds. The molecule has 3 aromatic rings. The Morgan fingerprint density at radius 3 is 2.42 bits per heavy atom. The number of benzene rings is 2. The molecule has 1 unspecified atom stereocenters. The Labute approximate surface area is 244 Å². The molecule has 0 spiro atoms. The fraction of sp³-hybridized carbons (Fsp3) is 0.286. The van der Waals surface area contributed by atoms with Gasteiger partial charge in [-0.2, -0.15) is 0 Å². The predicted octanol–water partition coefficient (Wildman–Crippen LogP) is -0.155. The maximum absolute atomic E-state index is 13.1. The zero-order chi connectivity index (χ0) is 30.5. The lowest BCUT2D eigenvalue weighted by Gasteiger charge is -2.27. The Hall–Kier alpha value is -5.60. The Morgan fingerprint density at radius 1 is 0.953 bits per heavy atom. The van der Waals surface area contributed by atoms with Gasteiger partial charge in [0, 0.05) is 31.5 Å². The van der Waals surface area contributed by atoms with Gasteiger partial charge in [0.1, 0.15) is 11.8 Å². The minimum atomic E-state index is -1.12. The van der Waals surface area contributed by atoms with E-state index in [1.165, 1.54) is 18.2 Å². The van der Waals surface area contributed by atoms with Crippen molar-refractivity contribution in [3.63, 3.8) is 0 Å². The number of aryl methyl sites for hydroxylation is 1.